The molecule has 0 radical (unpaired) electrons. The van der Waals surface area contributed by atoms with Gasteiger partial charge < -0.3 is 10.5 Å². The van der Waals surface area contributed by atoms with E-state index in [1.54, 1.807) is 11.9 Å². The lowest BCUT2D eigenvalue weighted by molar-refractivity contribution is 0.325. The van der Waals surface area contributed by atoms with Crippen LogP contribution in [-0.4, -0.2) is 29.5 Å². The molecule has 0 saturated carbocycles. The molecule has 112 valence electrons. The zero-order valence-corrected chi connectivity index (χ0v) is 14.5. The third-order valence-electron chi connectivity index (χ3n) is 3.36. The van der Waals surface area contributed by atoms with E-state index in [0.717, 1.165) is 28.8 Å². The van der Waals surface area contributed by atoms with Crippen LogP contribution < -0.4 is 10.5 Å². The second-order valence-electron chi connectivity index (χ2n) is 5.35. The first-order valence-corrected chi connectivity index (χ1v) is 8.55. The van der Waals surface area contributed by atoms with E-state index in [2.05, 4.69) is 37.4 Å². The molecular weight excluding hydrogens is 350 g/mol. The van der Waals surface area contributed by atoms with Crippen molar-refractivity contribution in [2.24, 2.45) is 10.7 Å². The summed E-state index contributed by atoms with van der Waals surface area (Å²) in [6, 6.07) is 6.40. The van der Waals surface area contributed by atoms with Crippen molar-refractivity contribution >= 4 is 39.4 Å². The molecule has 6 heteroatoms. The number of benzene rings is 1. The fourth-order valence-electron chi connectivity index (χ4n) is 2.46. The first-order chi connectivity index (χ1) is 10.0. The highest BCUT2D eigenvalue weighted by atomic mass is 79.9. The Labute approximate surface area is 137 Å². The normalized spacial score (nSPS) is 18.5. The molecule has 1 aromatic carbocycles. The predicted molar refractivity (Wildman–Crippen MR) is 92.2 cm³/mol. The largest absolute Gasteiger partial charge is 0.493 e. The minimum absolute atomic E-state index is 0.206. The van der Waals surface area contributed by atoms with Gasteiger partial charge in [-0.1, -0.05) is 15.9 Å². The fraction of sp³-hybridized carbons (Fsp3) is 0.400. The molecule has 2 aliphatic heterocycles. The minimum atomic E-state index is 0.206. The predicted octanol–water partition coefficient (Wildman–Crippen LogP) is 3.63. The van der Waals surface area contributed by atoms with Gasteiger partial charge in [0.1, 0.15) is 5.75 Å². The summed E-state index contributed by atoms with van der Waals surface area (Å²) in [5.74, 6) is 1.54. The van der Waals surface area contributed by atoms with Gasteiger partial charge in [-0.15, -0.1) is 0 Å². The summed E-state index contributed by atoms with van der Waals surface area (Å²) in [6.07, 6.45) is 0.914. The maximum absolute atomic E-state index is 6.11. The first kappa shape index (κ1) is 14.8. The van der Waals surface area contributed by atoms with Gasteiger partial charge in [-0.05, 0) is 49.6 Å². The van der Waals surface area contributed by atoms with Crippen LogP contribution in [0.4, 0.5) is 0 Å². The number of guanidine groups is 1. The van der Waals surface area contributed by atoms with Gasteiger partial charge in [0.05, 0.1) is 13.2 Å². The summed E-state index contributed by atoms with van der Waals surface area (Å²) < 4.78 is 8.97. The summed E-state index contributed by atoms with van der Waals surface area (Å²) >= 11 is 5.19. The Morgan fingerprint density at radius 2 is 2.29 bits per heavy atom. The Hall–Kier alpha value is -1.14. The summed E-state index contributed by atoms with van der Waals surface area (Å²) in [5.41, 5.74) is 8.58. The highest BCUT2D eigenvalue weighted by molar-refractivity contribution is 9.10. The standard InChI is InChI=1S/C15H18BrN3OS/c1-9(2)18-15(17)19-8-12-11-4-3-10(16)7-13(11)20-6-5-14(12)21-19/h3-4,7,9H,5-6,8H2,1-2H3,(H2,17,18). The lowest BCUT2D eigenvalue weighted by atomic mass is 10.0. The second-order valence-corrected chi connectivity index (χ2v) is 7.38. The smallest absolute Gasteiger partial charge is 0.202 e. The van der Waals surface area contributed by atoms with Gasteiger partial charge in [0.15, 0.2) is 0 Å². The zero-order valence-electron chi connectivity index (χ0n) is 12.1. The molecule has 3 rings (SSSR count). The molecule has 0 atom stereocenters. The van der Waals surface area contributed by atoms with Crippen molar-refractivity contribution in [1.82, 2.24) is 4.31 Å². The SMILES string of the molecule is CC(C)N=C(N)N1CC2=C(CCOc3cc(Br)ccc32)S1. The van der Waals surface area contributed by atoms with Crippen LogP contribution in [0, 0.1) is 0 Å². The molecule has 0 amide bonds. The van der Waals surface area contributed by atoms with Gasteiger partial charge in [0.25, 0.3) is 0 Å². The summed E-state index contributed by atoms with van der Waals surface area (Å²) in [5, 5.41) is 0. The monoisotopic (exact) mass is 367 g/mol. The fourth-order valence-corrected chi connectivity index (χ4v) is 3.86. The van der Waals surface area contributed by atoms with Crippen molar-refractivity contribution in [3.05, 3.63) is 33.1 Å². The summed E-state index contributed by atoms with van der Waals surface area (Å²) in [7, 11) is 0. The van der Waals surface area contributed by atoms with Crippen LogP contribution in [0.25, 0.3) is 5.57 Å². The van der Waals surface area contributed by atoms with Crippen LogP contribution in [0.3, 0.4) is 0 Å². The maximum Gasteiger partial charge on any atom is 0.202 e. The number of fused-ring (bicyclic) bond motifs is 2. The molecule has 2 heterocycles. The molecule has 0 aliphatic carbocycles. The van der Waals surface area contributed by atoms with Crippen molar-refractivity contribution in [3.63, 3.8) is 0 Å². The third-order valence-corrected chi connectivity index (χ3v) is 5.06. The van der Waals surface area contributed by atoms with Crippen LogP contribution in [0.1, 0.15) is 25.8 Å². The first-order valence-electron chi connectivity index (χ1n) is 6.98. The number of nitrogens with zero attached hydrogens (tertiary/aromatic N) is 2. The topological polar surface area (TPSA) is 50.8 Å². The van der Waals surface area contributed by atoms with Crippen LogP contribution in [0.15, 0.2) is 32.6 Å². The van der Waals surface area contributed by atoms with Crippen LogP contribution >= 0.6 is 27.9 Å². The van der Waals surface area contributed by atoms with E-state index >= 15 is 0 Å². The lowest BCUT2D eigenvalue weighted by Crippen LogP contribution is -2.31. The molecular formula is C15H18BrN3OS. The second kappa shape index (κ2) is 5.93. The molecule has 21 heavy (non-hydrogen) atoms. The zero-order chi connectivity index (χ0) is 15.0. The van der Waals surface area contributed by atoms with Crippen LogP contribution in [0.2, 0.25) is 0 Å². The third kappa shape index (κ3) is 3.06. The average Bonchev–Trinajstić information content (AvgIpc) is 2.75. The van der Waals surface area contributed by atoms with Gasteiger partial charge in [0.2, 0.25) is 5.96 Å². The molecule has 0 unspecified atom stereocenters. The van der Waals surface area contributed by atoms with Crippen molar-refractivity contribution in [1.29, 1.82) is 0 Å². The number of rotatable bonds is 1. The van der Waals surface area contributed by atoms with Gasteiger partial charge in [-0.3, -0.25) is 4.31 Å². The molecule has 2 N–H and O–H groups in total. The Morgan fingerprint density at radius 1 is 1.48 bits per heavy atom. The Bertz CT molecular complexity index is 627. The lowest BCUT2D eigenvalue weighted by Gasteiger charge is -2.18. The van der Waals surface area contributed by atoms with Crippen molar-refractivity contribution in [2.75, 3.05) is 13.2 Å². The van der Waals surface area contributed by atoms with Crippen molar-refractivity contribution in [3.8, 4) is 5.75 Å². The Balaban J connectivity index is 1.91. The number of halogens is 1. The number of ether oxygens (including phenoxy) is 1. The van der Waals surface area contributed by atoms with E-state index in [-0.39, 0.29) is 6.04 Å². The molecule has 0 spiro atoms. The average molecular weight is 368 g/mol. The molecule has 2 aliphatic rings. The van der Waals surface area contributed by atoms with E-state index in [1.165, 1.54) is 10.5 Å². The van der Waals surface area contributed by atoms with Crippen LogP contribution in [0.5, 0.6) is 5.75 Å². The minimum Gasteiger partial charge on any atom is -0.493 e. The number of hydrogen-bond donors (Lipinski definition) is 1. The van der Waals surface area contributed by atoms with E-state index in [1.807, 2.05) is 19.9 Å². The molecule has 0 fully saturated rings. The number of hydrogen-bond acceptors (Lipinski definition) is 3. The quantitative estimate of drug-likeness (QED) is 0.467. The Kier molecular flexibility index (Phi) is 4.17. The highest BCUT2D eigenvalue weighted by Gasteiger charge is 2.29. The number of nitrogens with two attached hydrogens (primary N) is 1. The molecule has 4 nitrogen and oxygen atoms in total. The van der Waals surface area contributed by atoms with E-state index < -0.39 is 0 Å². The van der Waals surface area contributed by atoms with E-state index in [9.17, 15) is 0 Å². The molecule has 0 aromatic heterocycles. The Morgan fingerprint density at radius 3 is 3.05 bits per heavy atom. The van der Waals surface area contributed by atoms with Crippen LogP contribution in [-0.2, 0) is 0 Å². The number of aliphatic imine (C=N–C) groups is 1. The maximum atomic E-state index is 6.11. The summed E-state index contributed by atoms with van der Waals surface area (Å²) in [6.45, 7) is 5.55. The molecule has 0 bridgehead atoms. The van der Waals surface area contributed by atoms with Gasteiger partial charge in [0, 0.05) is 27.4 Å². The molecule has 0 saturated heterocycles. The van der Waals surface area contributed by atoms with Gasteiger partial charge >= 0.3 is 0 Å². The molecule has 1 aromatic rings. The highest BCUT2D eigenvalue weighted by Crippen LogP contribution is 2.44. The van der Waals surface area contributed by atoms with Crippen molar-refractivity contribution < 1.29 is 4.74 Å². The van der Waals surface area contributed by atoms with E-state index in [0.29, 0.717) is 12.6 Å². The van der Waals surface area contributed by atoms with Crippen molar-refractivity contribution in [2.45, 2.75) is 26.3 Å². The van der Waals surface area contributed by atoms with Gasteiger partial charge in [-0.2, -0.15) is 0 Å². The summed E-state index contributed by atoms with van der Waals surface area (Å²) in [4.78, 5) is 5.78. The van der Waals surface area contributed by atoms with E-state index in [4.69, 9.17) is 10.5 Å². The van der Waals surface area contributed by atoms with Gasteiger partial charge in [-0.25, -0.2) is 4.99 Å².